The normalized spacial score (nSPS) is 12.4. The summed E-state index contributed by atoms with van der Waals surface area (Å²) in [6.45, 7) is 0. The summed E-state index contributed by atoms with van der Waals surface area (Å²) in [5.41, 5.74) is 7.14. The standard InChI is InChI=1S/C12H12ClN3/c13-10-7-15-12(16-8-10)6-11(14)9-4-2-1-3-5-9/h1-5,7-8,11H,6,14H2. The van der Waals surface area contributed by atoms with Gasteiger partial charge in [0.2, 0.25) is 0 Å². The molecule has 0 saturated heterocycles. The molecule has 0 spiro atoms. The van der Waals surface area contributed by atoms with E-state index in [1.54, 1.807) is 12.4 Å². The van der Waals surface area contributed by atoms with Gasteiger partial charge in [0.15, 0.2) is 0 Å². The van der Waals surface area contributed by atoms with E-state index in [9.17, 15) is 0 Å². The van der Waals surface area contributed by atoms with Gasteiger partial charge in [0.05, 0.1) is 5.02 Å². The van der Waals surface area contributed by atoms with Gasteiger partial charge < -0.3 is 5.73 Å². The fourth-order valence-electron chi connectivity index (χ4n) is 1.46. The van der Waals surface area contributed by atoms with Crippen molar-refractivity contribution in [1.29, 1.82) is 0 Å². The summed E-state index contributed by atoms with van der Waals surface area (Å²) in [6.07, 6.45) is 3.78. The Labute approximate surface area is 99.3 Å². The lowest BCUT2D eigenvalue weighted by molar-refractivity contribution is 0.687. The summed E-state index contributed by atoms with van der Waals surface area (Å²) in [7, 11) is 0. The quantitative estimate of drug-likeness (QED) is 0.886. The Hall–Kier alpha value is -1.45. The molecule has 1 atom stereocenters. The van der Waals surface area contributed by atoms with Gasteiger partial charge in [0.1, 0.15) is 5.82 Å². The summed E-state index contributed by atoms with van der Waals surface area (Å²) in [4.78, 5) is 8.24. The molecular weight excluding hydrogens is 222 g/mol. The molecule has 0 aliphatic rings. The molecule has 0 saturated carbocycles. The Kier molecular flexibility index (Phi) is 3.49. The molecular formula is C12H12ClN3. The first kappa shape index (κ1) is 11.0. The molecule has 82 valence electrons. The second kappa shape index (κ2) is 5.05. The topological polar surface area (TPSA) is 51.8 Å². The second-order valence-electron chi connectivity index (χ2n) is 3.54. The van der Waals surface area contributed by atoms with Crippen molar-refractivity contribution >= 4 is 11.6 Å². The van der Waals surface area contributed by atoms with Crippen LogP contribution in [-0.4, -0.2) is 9.97 Å². The first-order valence-corrected chi connectivity index (χ1v) is 5.40. The van der Waals surface area contributed by atoms with E-state index in [1.165, 1.54) is 0 Å². The van der Waals surface area contributed by atoms with E-state index in [4.69, 9.17) is 17.3 Å². The molecule has 0 bridgehead atoms. The minimum atomic E-state index is -0.0811. The van der Waals surface area contributed by atoms with Crippen molar-refractivity contribution in [3.63, 3.8) is 0 Å². The van der Waals surface area contributed by atoms with Gasteiger partial charge in [-0.25, -0.2) is 9.97 Å². The predicted molar refractivity (Wildman–Crippen MR) is 64.1 cm³/mol. The maximum atomic E-state index is 6.05. The van der Waals surface area contributed by atoms with Crippen LogP contribution in [-0.2, 0) is 6.42 Å². The van der Waals surface area contributed by atoms with Gasteiger partial charge >= 0.3 is 0 Å². The second-order valence-corrected chi connectivity index (χ2v) is 3.98. The number of rotatable bonds is 3. The third kappa shape index (κ3) is 2.78. The van der Waals surface area contributed by atoms with E-state index in [0.717, 1.165) is 5.56 Å². The molecule has 0 fully saturated rings. The van der Waals surface area contributed by atoms with Gasteiger partial charge in [0, 0.05) is 24.9 Å². The highest BCUT2D eigenvalue weighted by atomic mass is 35.5. The van der Waals surface area contributed by atoms with Gasteiger partial charge in [-0.3, -0.25) is 0 Å². The first-order valence-electron chi connectivity index (χ1n) is 5.02. The number of aromatic nitrogens is 2. The number of hydrogen-bond donors (Lipinski definition) is 1. The van der Waals surface area contributed by atoms with Crippen LogP contribution in [0.2, 0.25) is 5.02 Å². The van der Waals surface area contributed by atoms with E-state index in [1.807, 2.05) is 30.3 Å². The zero-order chi connectivity index (χ0) is 11.4. The minimum absolute atomic E-state index is 0.0811. The number of halogens is 1. The van der Waals surface area contributed by atoms with Crippen molar-refractivity contribution in [2.75, 3.05) is 0 Å². The predicted octanol–water partition coefficient (Wildman–Crippen LogP) is 2.37. The molecule has 0 aliphatic carbocycles. The first-order chi connectivity index (χ1) is 7.75. The summed E-state index contributed by atoms with van der Waals surface area (Å²) in [5.74, 6) is 0.709. The molecule has 4 heteroatoms. The van der Waals surface area contributed by atoms with Gasteiger partial charge in [0.25, 0.3) is 0 Å². The SMILES string of the molecule is NC(Cc1ncc(Cl)cn1)c1ccccc1. The highest BCUT2D eigenvalue weighted by Gasteiger charge is 2.08. The third-order valence-electron chi connectivity index (χ3n) is 2.30. The molecule has 0 radical (unpaired) electrons. The Morgan fingerprint density at radius 1 is 1.12 bits per heavy atom. The maximum Gasteiger partial charge on any atom is 0.130 e. The molecule has 2 N–H and O–H groups in total. The summed E-state index contributed by atoms with van der Waals surface area (Å²) >= 11 is 5.71. The molecule has 1 aromatic carbocycles. The van der Waals surface area contributed by atoms with Crippen molar-refractivity contribution in [2.45, 2.75) is 12.5 Å². The van der Waals surface area contributed by atoms with Crippen LogP contribution < -0.4 is 5.73 Å². The molecule has 3 nitrogen and oxygen atoms in total. The number of benzene rings is 1. The molecule has 0 aliphatic heterocycles. The van der Waals surface area contributed by atoms with Crippen LogP contribution in [0, 0.1) is 0 Å². The van der Waals surface area contributed by atoms with Crippen LogP contribution in [0.4, 0.5) is 0 Å². The van der Waals surface area contributed by atoms with E-state index in [2.05, 4.69) is 9.97 Å². The number of nitrogens with two attached hydrogens (primary N) is 1. The van der Waals surface area contributed by atoms with Crippen LogP contribution in [0.5, 0.6) is 0 Å². The molecule has 0 amide bonds. The van der Waals surface area contributed by atoms with Crippen molar-refractivity contribution < 1.29 is 0 Å². The highest BCUT2D eigenvalue weighted by molar-refractivity contribution is 6.30. The smallest absolute Gasteiger partial charge is 0.130 e. The molecule has 2 aromatic rings. The van der Waals surface area contributed by atoms with E-state index in [0.29, 0.717) is 17.3 Å². The van der Waals surface area contributed by atoms with E-state index in [-0.39, 0.29) is 6.04 Å². The lowest BCUT2D eigenvalue weighted by Crippen LogP contribution is -2.14. The number of hydrogen-bond acceptors (Lipinski definition) is 3. The molecule has 1 unspecified atom stereocenters. The average Bonchev–Trinajstić information content (AvgIpc) is 2.33. The monoisotopic (exact) mass is 233 g/mol. The van der Waals surface area contributed by atoms with Crippen molar-refractivity contribution in [2.24, 2.45) is 5.73 Å². The summed E-state index contributed by atoms with van der Waals surface area (Å²) in [6, 6.07) is 9.83. The van der Waals surface area contributed by atoms with Crippen LogP contribution in [0.1, 0.15) is 17.4 Å². The van der Waals surface area contributed by atoms with Gasteiger partial charge in [-0.1, -0.05) is 41.9 Å². The fraction of sp³-hybridized carbons (Fsp3) is 0.167. The molecule has 1 aromatic heterocycles. The van der Waals surface area contributed by atoms with Crippen LogP contribution >= 0.6 is 11.6 Å². The summed E-state index contributed by atoms with van der Waals surface area (Å²) in [5, 5.41) is 0.539. The van der Waals surface area contributed by atoms with Crippen LogP contribution in [0.25, 0.3) is 0 Å². The van der Waals surface area contributed by atoms with E-state index >= 15 is 0 Å². The Morgan fingerprint density at radius 2 is 1.75 bits per heavy atom. The van der Waals surface area contributed by atoms with Gasteiger partial charge in [-0.05, 0) is 5.56 Å². The van der Waals surface area contributed by atoms with Gasteiger partial charge in [-0.2, -0.15) is 0 Å². The zero-order valence-corrected chi connectivity index (χ0v) is 9.43. The minimum Gasteiger partial charge on any atom is -0.324 e. The van der Waals surface area contributed by atoms with Crippen molar-refractivity contribution in [3.05, 3.63) is 59.1 Å². The Bertz CT molecular complexity index is 442. The molecule has 16 heavy (non-hydrogen) atoms. The Balaban J connectivity index is 2.08. The Morgan fingerprint density at radius 3 is 2.38 bits per heavy atom. The highest BCUT2D eigenvalue weighted by Crippen LogP contribution is 2.13. The number of nitrogens with zero attached hydrogens (tertiary/aromatic N) is 2. The van der Waals surface area contributed by atoms with Crippen molar-refractivity contribution in [1.82, 2.24) is 9.97 Å². The van der Waals surface area contributed by atoms with Crippen molar-refractivity contribution in [3.8, 4) is 0 Å². The van der Waals surface area contributed by atoms with Crippen LogP contribution in [0.15, 0.2) is 42.7 Å². The lowest BCUT2D eigenvalue weighted by atomic mass is 10.0. The maximum absolute atomic E-state index is 6.05. The van der Waals surface area contributed by atoms with Crippen LogP contribution in [0.3, 0.4) is 0 Å². The molecule has 1 heterocycles. The third-order valence-corrected chi connectivity index (χ3v) is 2.50. The average molecular weight is 234 g/mol. The molecule has 2 rings (SSSR count). The fourth-order valence-corrected chi connectivity index (χ4v) is 1.56. The summed E-state index contributed by atoms with van der Waals surface area (Å²) < 4.78 is 0. The lowest BCUT2D eigenvalue weighted by Gasteiger charge is -2.10. The largest absolute Gasteiger partial charge is 0.324 e. The van der Waals surface area contributed by atoms with Gasteiger partial charge in [-0.15, -0.1) is 0 Å². The zero-order valence-electron chi connectivity index (χ0n) is 8.68. The van der Waals surface area contributed by atoms with E-state index < -0.39 is 0 Å².